The predicted molar refractivity (Wildman–Crippen MR) is 165 cm³/mol. The standard InChI is InChI=1S/C31H30N6O5S/c1-19-4-7-23(8-5-19)43(40,41)37-18-26(24-15-22(31(39)32-3)16-34-30(24)37)21-6-9-27-25(14-21)29(36-10-12-42-13-11-36)28(17-33-27)35-20(2)38/h4-9,14-18H,10-13H2,1-3H3,(H,32,39)(H,35,38). The minimum absolute atomic E-state index is 0.121. The topological polar surface area (TPSA) is 136 Å². The third kappa shape index (κ3) is 5.19. The Morgan fingerprint density at radius 3 is 2.40 bits per heavy atom. The second kappa shape index (κ2) is 11.1. The summed E-state index contributed by atoms with van der Waals surface area (Å²) in [4.78, 5) is 35.9. The monoisotopic (exact) mass is 598 g/mol. The summed E-state index contributed by atoms with van der Waals surface area (Å²) in [6, 6.07) is 13.9. The van der Waals surface area contributed by atoms with Crippen molar-refractivity contribution in [1.29, 1.82) is 0 Å². The summed E-state index contributed by atoms with van der Waals surface area (Å²) in [6.45, 7) is 5.68. The van der Waals surface area contributed by atoms with E-state index in [9.17, 15) is 18.0 Å². The van der Waals surface area contributed by atoms with Crippen molar-refractivity contribution in [1.82, 2.24) is 19.3 Å². The third-order valence-electron chi connectivity index (χ3n) is 7.47. The van der Waals surface area contributed by atoms with E-state index in [0.29, 0.717) is 59.6 Å². The molecule has 0 spiro atoms. The normalized spacial score (nSPS) is 13.8. The van der Waals surface area contributed by atoms with Crippen LogP contribution in [0.2, 0.25) is 0 Å². The predicted octanol–water partition coefficient (Wildman–Crippen LogP) is 3.95. The highest BCUT2D eigenvalue weighted by Crippen LogP contribution is 2.39. The average molecular weight is 599 g/mol. The Morgan fingerprint density at radius 2 is 1.70 bits per heavy atom. The molecule has 1 fully saturated rings. The van der Waals surface area contributed by atoms with Crippen molar-refractivity contribution >= 4 is 55.1 Å². The third-order valence-corrected chi connectivity index (χ3v) is 9.13. The number of rotatable bonds is 6. The first-order valence-electron chi connectivity index (χ1n) is 13.8. The lowest BCUT2D eigenvalue weighted by atomic mass is 10.0. The highest BCUT2D eigenvalue weighted by atomic mass is 32.2. The number of ether oxygens (including phenoxy) is 1. The summed E-state index contributed by atoms with van der Waals surface area (Å²) in [7, 11) is -2.50. The van der Waals surface area contributed by atoms with Gasteiger partial charge >= 0.3 is 0 Å². The quantitative estimate of drug-likeness (QED) is 0.300. The number of aromatic nitrogens is 3. The molecular formula is C31H30N6O5S. The van der Waals surface area contributed by atoms with Gasteiger partial charge in [-0.2, -0.15) is 0 Å². The fraction of sp³-hybridized carbons (Fsp3) is 0.226. The molecule has 0 saturated carbocycles. The number of aryl methyl sites for hydroxylation is 1. The van der Waals surface area contributed by atoms with Crippen LogP contribution in [0, 0.1) is 6.92 Å². The fourth-order valence-corrected chi connectivity index (χ4v) is 6.66. The molecule has 0 bridgehead atoms. The van der Waals surface area contributed by atoms with E-state index in [0.717, 1.165) is 20.6 Å². The molecule has 12 heteroatoms. The zero-order valence-electron chi connectivity index (χ0n) is 23.9. The highest BCUT2D eigenvalue weighted by Gasteiger charge is 2.25. The van der Waals surface area contributed by atoms with Crippen LogP contribution in [-0.4, -0.2) is 67.5 Å². The minimum atomic E-state index is -4.02. The van der Waals surface area contributed by atoms with Gasteiger partial charge in [-0.25, -0.2) is 17.4 Å². The number of nitrogens with one attached hydrogen (secondary N) is 2. The van der Waals surface area contributed by atoms with E-state index in [4.69, 9.17) is 4.74 Å². The molecule has 2 aromatic carbocycles. The lowest BCUT2D eigenvalue weighted by Gasteiger charge is -2.31. The molecule has 0 atom stereocenters. The first-order valence-corrected chi connectivity index (χ1v) is 15.2. The average Bonchev–Trinajstić information content (AvgIpc) is 3.40. The van der Waals surface area contributed by atoms with E-state index in [1.54, 1.807) is 42.7 Å². The maximum absolute atomic E-state index is 13.9. The van der Waals surface area contributed by atoms with Gasteiger partial charge in [0.2, 0.25) is 5.91 Å². The van der Waals surface area contributed by atoms with E-state index >= 15 is 0 Å². The van der Waals surface area contributed by atoms with Gasteiger partial charge in [-0.1, -0.05) is 23.8 Å². The zero-order valence-corrected chi connectivity index (χ0v) is 24.7. The molecule has 43 heavy (non-hydrogen) atoms. The maximum Gasteiger partial charge on any atom is 0.269 e. The van der Waals surface area contributed by atoms with Crippen LogP contribution < -0.4 is 15.5 Å². The number of carbonyl (C=O) groups excluding carboxylic acids is 2. The Morgan fingerprint density at radius 1 is 0.953 bits per heavy atom. The Kier molecular flexibility index (Phi) is 7.32. The summed E-state index contributed by atoms with van der Waals surface area (Å²) in [6.07, 6.45) is 4.56. The van der Waals surface area contributed by atoms with Gasteiger partial charge in [-0.15, -0.1) is 0 Å². The first-order chi connectivity index (χ1) is 20.7. The molecule has 220 valence electrons. The summed E-state index contributed by atoms with van der Waals surface area (Å²) < 4.78 is 34.5. The number of benzene rings is 2. The summed E-state index contributed by atoms with van der Waals surface area (Å²) >= 11 is 0. The summed E-state index contributed by atoms with van der Waals surface area (Å²) in [5, 5.41) is 6.78. The van der Waals surface area contributed by atoms with Crippen molar-refractivity contribution < 1.29 is 22.7 Å². The lowest BCUT2D eigenvalue weighted by molar-refractivity contribution is -0.114. The van der Waals surface area contributed by atoms with Crippen LogP contribution in [0.15, 0.2) is 72.0 Å². The van der Waals surface area contributed by atoms with E-state index in [2.05, 4.69) is 25.5 Å². The number of pyridine rings is 2. The largest absolute Gasteiger partial charge is 0.378 e. The van der Waals surface area contributed by atoms with Gasteiger partial charge in [0.1, 0.15) is 0 Å². The number of amides is 2. The number of carbonyl (C=O) groups is 2. The minimum Gasteiger partial charge on any atom is -0.378 e. The summed E-state index contributed by atoms with van der Waals surface area (Å²) in [5.41, 5.74) is 4.79. The SMILES string of the molecule is CNC(=O)c1cnc2c(c1)c(-c1ccc3ncc(NC(C)=O)c(N4CCOCC4)c3c1)cn2S(=O)(=O)c1ccc(C)cc1. The number of morpholine rings is 1. The Bertz CT molecular complexity index is 2000. The van der Waals surface area contributed by atoms with Gasteiger partial charge in [-0.05, 0) is 42.8 Å². The second-order valence-corrected chi connectivity index (χ2v) is 12.2. The molecule has 4 heterocycles. The molecule has 11 nitrogen and oxygen atoms in total. The number of hydrogen-bond acceptors (Lipinski definition) is 8. The van der Waals surface area contributed by atoms with Crippen LogP contribution in [0.4, 0.5) is 11.4 Å². The first kappa shape index (κ1) is 28.3. The molecule has 0 radical (unpaired) electrons. The molecule has 0 aliphatic carbocycles. The second-order valence-electron chi connectivity index (χ2n) is 10.4. The molecule has 2 N–H and O–H groups in total. The van der Waals surface area contributed by atoms with Crippen molar-refractivity contribution in [2.75, 3.05) is 43.6 Å². The van der Waals surface area contributed by atoms with Gasteiger partial charge < -0.3 is 20.3 Å². The van der Waals surface area contributed by atoms with Crippen molar-refractivity contribution in [2.45, 2.75) is 18.7 Å². The molecule has 2 amide bonds. The number of nitrogens with zero attached hydrogens (tertiary/aromatic N) is 4. The Hall–Kier alpha value is -4.81. The fourth-order valence-electron chi connectivity index (χ4n) is 5.34. The highest BCUT2D eigenvalue weighted by molar-refractivity contribution is 7.90. The van der Waals surface area contributed by atoms with Crippen LogP contribution >= 0.6 is 0 Å². The number of anilines is 2. The molecule has 0 unspecified atom stereocenters. The van der Waals surface area contributed by atoms with Crippen LogP contribution in [0.5, 0.6) is 0 Å². The van der Waals surface area contributed by atoms with Crippen LogP contribution in [0.3, 0.4) is 0 Å². The lowest BCUT2D eigenvalue weighted by Crippen LogP contribution is -2.37. The molecule has 1 saturated heterocycles. The smallest absolute Gasteiger partial charge is 0.269 e. The van der Waals surface area contributed by atoms with Gasteiger partial charge in [0, 0.05) is 55.8 Å². The van der Waals surface area contributed by atoms with Gasteiger partial charge in [0.25, 0.3) is 15.9 Å². The Labute approximate surface area is 248 Å². The van der Waals surface area contributed by atoms with Gasteiger partial charge in [0.05, 0.1) is 46.8 Å². The summed E-state index contributed by atoms with van der Waals surface area (Å²) in [5.74, 6) is -0.559. The van der Waals surface area contributed by atoms with Gasteiger partial charge in [0.15, 0.2) is 5.65 Å². The molecule has 5 aromatic rings. The van der Waals surface area contributed by atoms with Crippen molar-refractivity contribution in [2.24, 2.45) is 0 Å². The van der Waals surface area contributed by atoms with Crippen LogP contribution in [0.25, 0.3) is 33.1 Å². The van der Waals surface area contributed by atoms with Crippen LogP contribution in [-0.2, 0) is 19.6 Å². The Balaban J connectivity index is 1.60. The maximum atomic E-state index is 13.9. The zero-order chi connectivity index (χ0) is 30.3. The van der Waals surface area contributed by atoms with E-state index in [1.807, 2.05) is 25.1 Å². The van der Waals surface area contributed by atoms with Gasteiger partial charge in [-0.3, -0.25) is 14.6 Å². The number of hydrogen-bond donors (Lipinski definition) is 2. The molecule has 6 rings (SSSR count). The van der Waals surface area contributed by atoms with Crippen molar-refractivity contribution in [3.8, 4) is 11.1 Å². The van der Waals surface area contributed by atoms with E-state index in [1.165, 1.54) is 20.2 Å². The molecule has 3 aromatic heterocycles. The molecule has 1 aliphatic heterocycles. The van der Waals surface area contributed by atoms with Crippen molar-refractivity contribution in [3.63, 3.8) is 0 Å². The van der Waals surface area contributed by atoms with E-state index < -0.39 is 10.0 Å². The molecule has 1 aliphatic rings. The van der Waals surface area contributed by atoms with E-state index in [-0.39, 0.29) is 22.4 Å². The van der Waals surface area contributed by atoms with Crippen LogP contribution in [0.1, 0.15) is 22.8 Å². The molecular weight excluding hydrogens is 568 g/mol. The van der Waals surface area contributed by atoms with Crippen molar-refractivity contribution in [3.05, 3.63) is 78.2 Å². The number of fused-ring (bicyclic) bond motifs is 2.